The number of rotatable bonds is 2. The maximum Gasteiger partial charge on any atom is 0.227 e. The predicted octanol–water partition coefficient (Wildman–Crippen LogP) is 2.64. The Hall–Kier alpha value is -1.51. The van der Waals surface area contributed by atoms with Gasteiger partial charge >= 0.3 is 0 Å². The second kappa shape index (κ2) is 5.01. The Bertz CT molecular complexity index is 438. The Kier molecular flexibility index (Phi) is 3.22. The van der Waals surface area contributed by atoms with E-state index in [9.17, 15) is 4.79 Å². The van der Waals surface area contributed by atoms with Crippen LogP contribution in [-0.2, 0) is 4.79 Å². The molecule has 2 N–H and O–H groups in total. The summed E-state index contributed by atoms with van der Waals surface area (Å²) < 4.78 is 0. The van der Waals surface area contributed by atoms with E-state index in [1.165, 1.54) is 12.8 Å². The van der Waals surface area contributed by atoms with Crippen LogP contribution in [0.1, 0.15) is 43.6 Å². The second-order valence-electron chi connectivity index (χ2n) is 5.35. The molecular formula is C15H20N2O. The SMILES string of the molecule is O=C(NC1CCCC1)C1CCNc2ccccc21. The fourth-order valence-corrected chi connectivity index (χ4v) is 3.11. The minimum Gasteiger partial charge on any atom is -0.385 e. The zero-order valence-corrected chi connectivity index (χ0v) is 10.6. The van der Waals surface area contributed by atoms with Crippen LogP contribution in [0, 0.1) is 0 Å². The molecule has 1 aromatic carbocycles. The van der Waals surface area contributed by atoms with E-state index in [-0.39, 0.29) is 11.8 Å². The number of amides is 1. The van der Waals surface area contributed by atoms with Gasteiger partial charge in [-0.15, -0.1) is 0 Å². The highest BCUT2D eigenvalue weighted by atomic mass is 16.1. The predicted molar refractivity (Wildman–Crippen MR) is 72.7 cm³/mol. The summed E-state index contributed by atoms with van der Waals surface area (Å²) in [6, 6.07) is 8.58. The average Bonchev–Trinajstić information content (AvgIpc) is 2.91. The van der Waals surface area contributed by atoms with Gasteiger partial charge in [-0.25, -0.2) is 0 Å². The van der Waals surface area contributed by atoms with E-state index in [1.54, 1.807) is 0 Å². The van der Waals surface area contributed by atoms with Gasteiger partial charge in [0.1, 0.15) is 0 Å². The molecule has 1 aliphatic carbocycles. The van der Waals surface area contributed by atoms with Gasteiger partial charge < -0.3 is 10.6 Å². The van der Waals surface area contributed by atoms with Gasteiger partial charge in [-0.05, 0) is 30.9 Å². The zero-order chi connectivity index (χ0) is 12.4. The summed E-state index contributed by atoms with van der Waals surface area (Å²) >= 11 is 0. The molecule has 0 aromatic heterocycles. The number of hydrogen-bond donors (Lipinski definition) is 2. The molecule has 1 saturated carbocycles. The van der Waals surface area contributed by atoms with Gasteiger partial charge in [0.15, 0.2) is 0 Å². The first-order valence-corrected chi connectivity index (χ1v) is 6.98. The van der Waals surface area contributed by atoms with Crippen molar-refractivity contribution >= 4 is 11.6 Å². The van der Waals surface area contributed by atoms with E-state index in [1.807, 2.05) is 12.1 Å². The van der Waals surface area contributed by atoms with Crippen molar-refractivity contribution in [1.29, 1.82) is 0 Å². The normalized spacial score (nSPS) is 23.2. The fourth-order valence-electron chi connectivity index (χ4n) is 3.11. The van der Waals surface area contributed by atoms with Crippen LogP contribution in [0.25, 0.3) is 0 Å². The summed E-state index contributed by atoms with van der Waals surface area (Å²) in [6.45, 7) is 0.889. The van der Waals surface area contributed by atoms with Crippen molar-refractivity contribution in [2.75, 3.05) is 11.9 Å². The van der Waals surface area contributed by atoms with Crippen LogP contribution in [0.5, 0.6) is 0 Å². The van der Waals surface area contributed by atoms with Crippen LogP contribution in [0.2, 0.25) is 0 Å². The lowest BCUT2D eigenvalue weighted by atomic mass is 9.90. The molecule has 3 heteroatoms. The Morgan fingerprint density at radius 2 is 1.94 bits per heavy atom. The molecule has 1 unspecified atom stereocenters. The maximum absolute atomic E-state index is 12.4. The molecule has 1 aliphatic heterocycles. The van der Waals surface area contributed by atoms with E-state index in [0.29, 0.717) is 6.04 Å². The molecule has 96 valence electrons. The third kappa shape index (κ3) is 2.22. The van der Waals surface area contributed by atoms with E-state index in [0.717, 1.165) is 37.1 Å². The summed E-state index contributed by atoms with van der Waals surface area (Å²) in [5.74, 6) is 0.249. The number of nitrogens with one attached hydrogen (secondary N) is 2. The summed E-state index contributed by atoms with van der Waals surface area (Å²) in [6.07, 6.45) is 5.72. The maximum atomic E-state index is 12.4. The molecule has 2 aliphatic rings. The van der Waals surface area contributed by atoms with Crippen LogP contribution < -0.4 is 10.6 Å². The lowest BCUT2D eigenvalue weighted by Gasteiger charge is -2.27. The fraction of sp³-hybridized carbons (Fsp3) is 0.533. The van der Waals surface area contributed by atoms with Gasteiger partial charge in [0, 0.05) is 18.3 Å². The van der Waals surface area contributed by atoms with Gasteiger partial charge in [-0.3, -0.25) is 4.79 Å². The minimum atomic E-state index is 0.0306. The van der Waals surface area contributed by atoms with Crippen molar-refractivity contribution in [3.63, 3.8) is 0 Å². The van der Waals surface area contributed by atoms with Crippen molar-refractivity contribution in [1.82, 2.24) is 5.32 Å². The number of anilines is 1. The Morgan fingerprint density at radius 3 is 2.78 bits per heavy atom. The Morgan fingerprint density at radius 1 is 1.17 bits per heavy atom. The summed E-state index contributed by atoms with van der Waals surface area (Å²) in [5, 5.41) is 6.58. The third-order valence-corrected chi connectivity index (χ3v) is 4.10. The van der Waals surface area contributed by atoms with Crippen LogP contribution in [0.4, 0.5) is 5.69 Å². The van der Waals surface area contributed by atoms with Gasteiger partial charge in [0.2, 0.25) is 5.91 Å². The molecule has 1 amide bonds. The van der Waals surface area contributed by atoms with Crippen LogP contribution in [0.15, 0.2) is 24.3 Å². The lowest BCUT2D eigenvalue weighted by molar-refractivity contribution is -0.123. The summed E-state index contributed by atoms with van der Waals surface area (Å²) in [7, 11) is 0. The molecule has 1 atom stereocenters. The molecule has 1 fully saturated rings. The average molecular weight is 244 g/mol. The standard InChI is InChI=1S/C15H20N2O/c18-15(17-11-5-1-2-6-11)13-9-10-16-14-8-4-3-7-12(13)14/h3-4,7-8,11,13,16H,1-2,5-6,9-10H2,(H,17,18). The highest BCUT2D eigenvalue weighted by molar-refractivity contribution is 5.86. The topological polar surface area (TPSA) is 41.1 Å². The van der Waals surface area contributed by atoms with Crippen molar-refractivity contribution in [3.8, 4) is 0 Å². The highest BCUT2D eigenvalue weighted by Crippen LogP contribution is 2.31. The number of carbonyl (C=O) groups is 1. The number of benzene rings is 1. The molecule has 3 nitrogen and oxygen atoms in total. The molecule has 18 heavy (non-hydrogen) atoms. The van der Waals surface area contributed by atoms with Gasteiger partial charge in [-0.2, -0.15) is 0 Å². The van der Waals surface area contributed by atoms with Gasteiger partial charge in [0.25, 0.3) is 0 Å². The highest BCUT2D eigenvalue weighted by Gasteiger charge is 2.28. The first kappa shape index (κ1) is 11.6. The number of fused-ring (bicyclic) bond motifs is 1. The van der Waals surface area contributed by atoms with E-state index >= 15 is 0 Å². The summed E-state index contributed by atoms with van der Waals surface area (Å²) in [4.78, 5) is 12.4. The van der Waals surface area contributed by atoms with E-state index < -0.39 is 0 Å². The largest absolute Gasteiger partial charge is 0.385 e. The quantitative estimate of drug-likeness (QED) is 0.839. The van der Waals surface area contributed by atoms with Gasteiger partial charge in [0.05, 0.1) is 5.92 Å². The summed E-state index contributed by atoms with van der Waals surface area (Å²) in [5.41, 5.74) is 2.27. The Balaban J connectivity index is 1.74. The van der Waals surface area contributed by atoms with Crippen molar-refractivity contribution in [3.05, 3.63) is 29.8 Å². The molecule has 0 bridgehead atoms. The Labute approximate surface area is 108 Å². The first-order chi connectivity index (χ1) is 8.84. The molecular weight excluding hydrogens is 224 g/mol. The second-order valence-corrected chi connectivity index (χ2v) is 5.35. The number of hydrogen-bond acceptors (Lipinski definition) is 2. The van der Waals surface area contributed by atoms with Crippen LogP contribution in [0.3, 0.4) is 0 Å². The minimum absolute atomic E-state index is 0.0306. The molecule has 3 rings (SSSR count). The van der Waals surface area contributed by atoms with Crippen molar-refractivity contribution < 1.29 is 4.79 Å². The zero-order valence-electron chi connectivity index (χ0n) is 10.6. The number of para-hydroxylation sites is 1. The van der Waals surface area contributed by atoms with Crippen molar-refractivity contribution in [2.24, 2.45) is 0 Å². The molecule has 0 saturated heterocycles. The molecule has 0 spiro atoms. The molecule has 0 radical (unpaired) electrons. The number of carbonyl (C=O) groups excluding carboxylic acids is 1. The van der Waals surface area contributed by atoms with Crippen LogP contribution in [-0.4, -0.2) is 18.5 Å². The smallest absolute Gasteiger partial charge is 0.227 e. The van der Waals surface area contributed by atoms with Gasteiger partial charge in [-0.1, -0.05) is 31.0 Å². The van der Waals surface area contributed by atoms with Crippen LogP contribution >= 0.6 is 0 Å². The molecule has 1 heterocycles. The first-order valence-electron chi connectivity index (χ1n) is 6.98. The van der Waals surface area contributed by atoms with E-state index in [4.69, 9.17) is 0 Å². The lowest BCUT2D eigenvalue weighted by Crippen LogP contribution is -2.38. The third-order valence-electron chi connectivity index (χ3n) is 4.10. The van der Waals surface area contributed by atoms with E-state index in [2.05, 4.69) is 22.8 Å². The van der Waals surface area contributed by atoms with Crippen molar-refractivity contribution in [2.45, 2.75) is 44.1 Å². The molecule has 1 aromatic rings. The monoisotopic (exact) mass is 244 g/mol.